The highest BCUT2D eigenvalue weighted by atomic mass is 16.5. The molecule has 1 atom stereocenters. The number of hydrogen-bond acceptors (Lipinski definition) is 7. The van der Waals surface area contributed by atoms with Gasteiger partial charge >= 0.3 is 0 Å². The molecule has 1 N–H and O–H groups in total. The summed E-state index contributed by atoms with van der Waals surface area (Å²) in [5.74, 6) is 1.46. The number of ether oxygens (including phenoxy) is 4. The van der Waals surface area contributed by atoms with Gasteiger partial charge in [-0.25, -0.2) is 0 Å². The molecule has 0 bridgehead atoms. The van der Waals surface area contributed by atoms with Gasteiger partial charge in [0.15, 0.2) is 11.5 Å². The van der Waals surface area contributed by atoms with Crippen LogP contribution >= 0.6 is 0 Å². The maximum absolute atomic E-state index is 12.4. The summed E-state index contributed by atoms with van der Waals surface area (Å²) >= 11 is 0. The van der Waals surface area contributed by atoms with Crippen LogP contribution in [-0.2, 0) is 14.3 Å². The summed E-state index contributed by atoms with van der Waals surface area (Å²) in [5.41, 5.74) is 0.585. The van der Waals surface area contributed by atoms with E-state index in [0.29, 0.717) is 55.6 Å². The van der Waals surface area contributed by atoms with Gasteiger partial charge < -0.3 is 29.2 Å². The van der Waals surface area contributed by atoms with Gasteiger partial charge in [0.1, 0.15) is 6.10 Å². The first-order valence-electron chi connectivity index (χ1n) is 10.3. The highest BCUT2D eigenvalue weighted by Gasteiger charge is 2.30. The number of amides is 2. The van der Waals surface area contributed by atoms with Crippen molar-refractivity contribution in [3.63, 3.8) is 0 Å². The van der Waals surface area contributed by atoms with Gasteiger partial charge in [0, 0.05) is 63.6 Å². The molecule has 2 amide bonds. The van der Waals surface area contributed by atoms with Crippen LogP contribution in [0, 0.1) is 0 Å². The molecule has 3 rings (SSSR count). The Bertz CT molecular complexity index is 717. The summed E-state index contributed by atoms with van der Waals surface area (Å²) in [6.07, 6.45) is 1.87. The Balaban J connectivity index is 1.46. The SMILES string of the molecule is COc1cc(NC(=O)CCN2CCN(C(=O)C3CCCO3)CC2)cc(OC)c1OC. The number of nitrogens with one attached hydrogen (secondary N) is 1. The second-order valence-electron chi connectivity index (χ2n) is 7.38. The number of carbonyl (C=O) groups is 2. The van der Waals surface area contributed by atoms with Crippen LogP contribution in [-0.4, -0.2) is 88.4 Å². The van der Waals surface area contributed by atoms with E-state index >= 15 is 0 Å². The van der Waals surface area contributed by atoms with Gasteiger partial charge in [0.05, 0.1) is 21.3 Å². The molecule has 166 valence electrons. The third-order valence-electron chi connectivity index (χ3n) is 5.49. The van der Waals surface area contributed by atoms with E-state index in [2.05, 4.69) is 10.2 Å². The van der Waals surface area contributed by atoms with Gasteiger partial charge in [-0.3, -0.25) is 14.5 Å². The van der Waals surface area contributed by atoms with Crippen molar-refractivity contribution in [2.24, 2.45) is 0 Å². The molecule has 1 aromatic carbocycles. The van der Waals surface area contributed by atoms with Gasteiger partial charge in [-0.2, -0.15) is 0 Å². The Kier molecular flexibility index (Phi) is 7.75. The van der Waals surface area contributed by atoms with E-state index in [1.54, 1.807) is 12.1 Å². The van der Waals surface area contributed by atoms with Crippen LogP contribution in [0.2, 0.25) is 0 Å². The zero-order chi connectivity index (χ0) is 21.5. The molecular weight excluding hydrogens is 390 g/mol. The molecule has 0 aromatic heterocycles. The minimum absolute atomic E-state index is 0.0952. The monoisotopic (exact) mass is 421 g/mol. The standard InChI is InChI=1S/C21H31N3O6/c1-27-17-13-15(14-18(28-2)20(17)29-3)22-19(25)6-7-23-8-10-24(11-9-23)21(26)16-5-4-12-30-16/h13-14,16H,4-12H2,1-3H3,(H,22,25). The van der Waals surface area contributed by atoms with Gasteiger partial charge in [0.2, 0.25) is 11.7 Å². The molecule has 1 unspecified atom stereocenters. The molecule has 0 spiro atoms. The fourth-order valence-corrected chi connectivity index (χ4v) is 3.80. The molecule has 0 saturated carbocycles. The average Bonchev–Trinajstić information content (AvgIpc) is 3.31. The molecule has 1 aromatic rings. The van der Waals surface area contributed by atoms with Crippen LogP contribution in [0.3, 0.4) is 0 Å². The first-order chi connectivity index (χ1) is 14.5. The summed E-state index contributed by atoms with van der Waals surface area (Å²) in [4.78, 5) is 28.9. The number of anilines is 1. The van der Waals surface area contributed by atoms with Gasteiger partial charge in [0.25, 0.3) is 5.91 Å². The molecule has 2 fully saturated rings. The van der Waals surface area contributed by atoms with Crippen LogP contribution in [0.1, 0.15) is 19.3 Å². The van der Waals surface area contributed by atoms with Crippen molar-refractivity contribution in [1.29, 1.82) is 0 Å². The fourth-order valence-electron chi connectivity index (χ4n) is 3.80. The Labute approximate surface area is 177 Å². The number of methoxy groups -OCH3 is 3. The molecule has 2 heterocycles. The molecule has 0 radical (unpaired) electrons. The van der Waals surface area contributed by atoms with Crippen molar-refractivity contribution >= 4 is 17.5 Å². The van der Waals surface area contributed by atoms with E-state index < -0.39 is 0 Å². The molecule has 2 aliphatic heterocycles. The van der Waals surface area contributed by atoms with E-state index in [0.717, 1.165) is 25.9 Å². The molecule has 30 heavy (non-hydrogen) atoms. The molecular formula is C21H31N3O6. The average molecular weight is 421 g/mol. The lowest BCUT2D eigenvalue weighted by molar-refractivity contribution is -0.142. The highest BCUT2D eigenvalue weighted by molar-refractivity contribution is 5.91. The number of hydrogen-bond donors (Lipinski definition) is 1. The Morgan fingerprint density at radius 1 is 1.07 bits per heavy atom. The van der Waals surface area contributed by atoms with Crippen molar-refractivity contribution < 1.29 is 28.5 Å². The van der Waals surface area contributed by atoms with E-state index in [4.69, 9.17) is 18.9 Å². The van der Waals surface area contributed by atoms with Gasteiger partial charge in [-0.05, 0) is 12.8 Å². The third kappa shape index (κ3) is 5.34. The predicted molar refractivity (Wildman–Crippen MR) is 111 cm³/mol. The largest absolute Gasteiger partial charge is 0.493 e. The molecule has 2 saturated heterocycles. The van der Waals surface area contributed by atoms with Crippen molar-refractivity contribution in [2.75, 3.05) is 66.0 Å². The first-order valence-corrected chi connectivity index (χ1v) is 10.3. The number of carbonyl (C=O) groups excluding carboxylic acids is 2. The normalized spacial score (nSPS) is 19.4. The van der Waals surface area contributed by atoms with Gasteiger partial charge in [-0.1, -0.05) is 0 Å². The lowest BCUT2D eigenvalue weighted by Gasteiger charge is -2.35. The summed E-state index contributed by atoms with van der Waals surface area (Å²) in [6, 6.07) is 3.41. The smallest absolute Gasteiger partial charge is 0.251 e. The van der Waals surface area contributed by atoms with Crippen LogP contribution in [0.4, 0.5) is 5.69 Å². The van der Waals surface area contributed by atoms with E-state index in [9.17, 15) is 9.59 Å². The predicted octanol–water partition coefficient (Wildman–Crippen LogP) is 1.36. The fraction of sp³-hybridized carbons (Fsp3) is 0.619. The maximum atomic E-state index is 12.4. The minimum Gasteiger partial charge on any atom is -0.493 e. The van der Waals surface area contributed by atoms with Crippen LogP contribution < -0.4 is 19.5 Å². The number of rotatable bonds is 8. The Morgan fingerprint density at radius 3 is 2.27 bits per heavy atom. The van der Waals surface area contributed by atoms with Crippen LogP contribution in [0.5, 0.6) is 17.2 Å². The zero-order valence-corrected chi connectivity index (χ0v) is 17.9. The maximum Gasteiger partial charge on any atom is 0.251 e. The van der Waals surface area contributed by atoms with Crippen molar-refractivity contribution in [1.82, 2.24) is 9.80 Å². The summed E-state index contributed by atoms with van der Waals surface area (Å²) in [6.45, 7) is 4.18. The quantitative estimate of drug-likeness (QED) is 0.678. The lowest BCUT2D eigenvalue weighted by Crippen LogP contribution is -2.51. The Hall–Kier alpha value is -2.52. The number of benzene rings is 1. The molecule has 9 nitrogen and oxygen atoms in total. The molecule has 0 aliphatic carbocycles. The van der Waals surface area contributed by atoms with E-state index in [1.807, 2.05) is 4.90 Å². The zero-order valence-electron chi connectivity index (χ0n) is 17.9. The molecule has 9 heteroatoms. The third-order valence-corrected chi connectivity index (χ3v) is 5.49. The van der Waals surface area contributed by atoms with Crippen LogP contribution in [0.15, 0.2) is 12.1 Å². The molecule has 2 aliphatic rings. The lowest BCUT2D eigenvalue weighted by atomic mass is 10.2. The Morgan fingerprint density at radius 2 is 1.73 bits per heavy atom. The summed E-state index contributed by atoms with van der Waals surface area (Å²) < 4.78 is 21.4. The topological polar surface area (TPSA) is 89.6 Å². The number of nitrogens with zero attached hydrogens (tertiary/aromatic N) is 2. The van der Waals surface area contributed by atoms with Crippen molar-refractivity contribution in [2.45, 2.75) is 25.4 Å². The second kappa shape index (κ2) is 10.5. The van der Waals surface area contributed by atoms with Crippen molar-refractivity contribution in [3.05, 3.63) is 12.1 Å². The van der Waals surface area contributed by atoms with E-state index in [1.165, 1.54) is 21.3 Å². The van der Waals surface area contributed by atoms with Crippen LogP contribution in [0.25, 0.3) is 0 Å². The summed E-state index contributed by atoms with van der Waals surface area (Å²) in [5, 5.41) is 2.88. The van der Waals surface area contributed by atoms with Gasteiger partial charge in [-0.15, -0.1) is 0 Å². The minimum atomic E-state index is -0.263. The number of piperazine rings is 1. The first kappa shape index (κ1) is 22.2. The highest BCUT2D eigenvalue weighted by Crippen LogP contribution is 2.39. The second-order valence-corrected chi connectivity index (χ2v) is 7.38. The summed E-state index contributed by atoms with van der Waals surface area (Å²) in [7, 11) is 4.60. The van der Waals surface area contributed by atoms with E-state index in [-0.39, 0.29) is 17.9 Å². The van der Waals surface area contributed by atoms with Crippen molar-refractivity contribution in [3.8, 4) is 17.2 Å².